The van der Waals surface area contributed by atoms with Gasteiger partial charge in [-0.15, -0.1) is 0 Å². The molecule has 0 aliphatic rings. The number of benzene rings is 1. The zero-order valence-electron chi connectivity index (χ0n) is 10.7. The van der Waals surface area contributed by atoms with E-state index in [9.17, 15) is 4.79 Å². The van der Waals surface area contributed by atoms with Gasteiger partial charge in [-0.05, 0) is 24.3 Å². The van der Waals surface area contributed by atoms with Crippen LogP contribution in [-0.2, 0) is 0 Å². The van der Waals surface area contributed by atoms with Crippen LogP contribution in [0.5, 0.6) is 0 Å². The lowest BCUT2D eigenvalue weighted by Crippen LogP contribution is -2.14. The molecule has 0 bridgehead atoms. The number of carbonyl (C=O) groups excluding carboxylic acids is 1. The Bertz CT molecular complexity index is 836. The molecular formula is C15H9Cl2N3O. The topological polar surface area (TPSA) is 54.9 Å². The van der Waals surface area contributed by atoms with Crippen molar-refractivity contribution in [3.8, 4) is 0 Å². The second-order valence-corrected chi connectivity index (χ2v) is 5.16. The van der Waals surface area contributed by atoms with Gasteiger partial charge in [0.25, 0.3) is 5.91 Å². The second-order valence-electron chi connectivity index (χ2n) is 4.32. The van der Waals surface area contributed by atoms with Crippen molar-refractivity contribution in [2.75, 3.05) is 5.32 Å². The summed E-state index contributed by atoms with van der Waals surface area (Å²) in [5.41, 5.74) is 0.884. The Hall–Kier alpha value is -2.17. The summed E-state index contributed by atoms with van der Waals surface area (Å²) in [5.74, 6) is -0.0315. The van der Waals surface area contributed by atoms with E-state index in [0.29, 0.717) is 21.4 Å². The number of anilines is 1. The van der Waals surface area contributed by atoms with Crippen molar-refractivity contribution in [2.24, 2.45) is 0 Å². The predicted octanol–water partition coefficient (Wildman–Crippen LogP) is 4.19. The minimum atomic E-state index is -0.391. The highest BCUT2D eigenvalue weighted by atomic mass is 35.5. The van der Waals surface area contributed by atoms with E-state index in [-0.39, 0.29) is 5.69 Å². The van der Waals surface area contributed by atoms with E-state index in [1.807, 2.05) is 18.2 Å². The molecule has 0 fully saturated rings. The first-order valence-corrected chi connectivity index (χ1v) is 6.87. The third-order valence-corrected chi connectivity index (χ3v) is 3.41. The molecule has 0 radical (unpaired) electrons. The van der Waals surface area contributed by atoms with Gasteiger partial charge < -0.3 is 5.32 Å². The Morgan fingerprint density at radius 1 is 1.10 bits per heavy atom. The standard InChI is InChI=1S/C15H9Cl2N3O/c16-9-5-6-18-14(7-9)20-15(21)13-8-11(17)10-3-1-2-4-12(10)19-13/h1-8H,(H,18,20,21). The average molecular weight is 318 g/mol. The van der Waals surface area contributed by atoms with Crippen LogP contribution in [0.15, 0.2) is 48.7 Å². The number of fused-ring (bicyclic) bond motifs is 1. The number of rotatable bonds is 2. The zero-order valence-corrected chi connectivity index (χ0v) is 12.2. The number of hydrogen-bond donors (Lipinski definition) is 1. The van der Waals surface area contributed by atoms with E-state index in [1.54, 1.807) is 18.2 Å². The Kier molecular flexibility index (Phi) is 3.73. The third-order valence-electron chi connectivity index (χ3n) is 2.86. The van der Waals surface area contributed by atoms with Gasteiger partial charge >= 0.3 is 0 Å². The van der Waals surface area contributed by atoms with Gasteiger partial charge in [0.05, 0.1) is 10.5 Å². The molecule has 3 aromatic rings. The SMILES string of the molecule is O=C(Nc1cc(Cl)ccn1)c1cc(Cl)c2ccccc2n1. The number of pyridine rings is 2. The molecule has 1 N–H and O–H groups in total. The second kappa shape index (κ2) is 5.68. The molecule has 3 rings (SSSR count). The molecule has 0 saturated heterocycles. The molecule has 2 heterocycles. The quantitative estimate of drug-likeness (QED) is 0.771. The van der Waals surface area contributed by atoms with Crippen LogP contribution in [0.25, 0.3) is 10.9 Å². The summed E-state index contributed by atoms with van der Waals surface area (Å²) in [6.07, 6.45) is 1.51. The van der Waals surface area contributed by atoms with E-state index in [2.05, 4.69) is 15.3 Å². The lowest BCUT2D eigenvalue weighted by atomic mass is 10.2. The van der Waals surface area contributed by atoms with Crippen LogP contribution in [0.2, 0.25) is 10.0 Å². The molecule has 1 aromatic carbocycles. The van der Waals surface area contributed by atoms with Crippen molar-refractivity contribution in [2.45, 2.75) is 0 Å². The number of amides is 1. The molecule has 0 aliphatic heterocycles. The van der Waals surface area contributed by atoms with E-state index in [0.717, 1.165) is 5.39 Å². The number of para-hydroxylation sites is 1. The van der Waals surface area contributed by atoms with Gasteiger partial charge in [0, 0.05) is 16.6 Å². The summed E-state index contributed by atoms with van der Waals surface area (Å²) >= 11 is 12.0. The molecule has 104 valence electrons. The van der Waals surface area contributed by atoms with Crippen molar-refractivity contribution >= 4 is 45.8 Å². The summed E-state index contributed by atoms with van der Waals surface area (Å²) in [7, 11) is 0. The summed E-state index contributed by atoms with van der Waals surface area (Å²) in [5, 5.41) is 4.40. The van der Waals surface area contributed by atoms with Crippen molar-refractivity contribution in [1.29, 1.82) is 0 Å². The molecule has 0 aliphatic carbocycles. The first kappa shape index (κ1) is 13.8. The Morgan fingerprint density at radius 2 is 1.90 bits per heavy atom. The van der Waals surface area contributed by atoms with Gasteiger partial charge in [0.1, 0.15) is 11.5 Å². The molecule has 6 heteroatoms. The molecule has 0 atom stereocenters. The lowest BCUT2D eigenvalue weighted by molar-refractivity contribution is 0.102. The molecular weight excluding hydrogens is 309 g/mol. The van der Waals surface area contributed by atoms with Crippen LogP contribution in [0.1, 0.15) is 10.5 Å². The zero-order chi connectivity index (χ0) is 14.8. The minimum absolute atomic E-state index is 0.223. The van der Waals surface area contributed by atoms with E-state index >= 15 is 0 Å². The molecule has 2 aromatic heterocycles. The minimum Gasteiger partial charge on any atom is -0.305 e. The molecule has 1 amide bonds. The Balaban J connectivity index is 1.94. The highest BCUT2D eigenvalue weighted by Crippen LogP contribution is 2.23. The van der Waals surface area contributed by atoms with Gasteiger partial charge in [-0.1, -0.05) is 41.4 Å². The number of nitrogens with zero attached hydrogens (tertiary/aromatic N) is 2. The summed E-state index contributed by atoms with van der Waals surface area (Å²) in [6, 6.07) is 12.1. The maximum Gasteiger partial charge on any atom is 0.275 e. The van der Waals surface area contributed by atoms with E-state index in [1.165, 1.54) is 12.3 Å². The highest BCUT2D eigenvalue weighted by molar-refractivity contribution is 6.35. The normalized spacial score (nSPS) is 10.6. The third kappa shape index (κ3) is 2.96. The number of aromatic nitrogens is 2. The largest absolute Gasteiger partial charge is 0.305 e. The summed E-state index contributed by atoms with van der Waals surface area (Å²) in [6.45, 7) is 0. The summed E-state index contributed by atoms with van der Waals surface area (Å²) < 4.78 is 0. The van der Waals surface area contributed by atoms with Crippen LogP contribution >= 0.6 is 23.2 Å². The fourth-order valence-corrected chi connectivity index (χ4v) is 2.33. The molecule has 0 saturated carbocycles. The molecule has 0 spiro atoms. The van der Waals surface area contributed by atoms with Crippen LogP contribution in [0.3, 0.4) is 0 Å². The monoisotopic (exact) mass is 317 g/mol. The molecule has 21 heavy (non-hydrogen) atoms. The number of nitrogens with one attached hydrogen (secondary N) is 1. The Labute approximate surface area is 130 Å². The van der Waals surface area contributed by atoms with Crippen LogP contribution in [0.4, 0.5) is 5.82 Å². The van der Waals surface area contributed by atoms with Gasteiger partial charge in [-0.3, -0.25) is 4.79 Å². The van der Waals surface area contributed by atoms with Gasteiger partial charge in [0.2, 0.25) is 0 Å². The first-order chi connectivity index (χ1) is 10.1. The van der Waals surface area contributed by atoms with Crippen molar-refractivity contribution in [3.63, 3.8) is 0 Å². The smallest absolute Gasteiger partial charge is 0.275 e. The van der Waals surface area contributed by atoms with Gasteiger partial charge in [0.15, 0.2) is 0 Å². The molecule has 0 unspecified atom stereocenters. The first-order valence-electron chi connectivity index (χ1n) is 6.12. The van der Waals surface area contributed by atoms with Crippen molar-refractivity contribution < 1.29 is 4.79 Å². The predicted molar refractivity (Wildman–Crippen MR) is 84.0 cm³/mol. The van der Waals surface area contributed by atoms with Gasteiger partial charge in [-0.2, -0.15) is 0 Å². The van der Waals surface area contributed by atoms with Crippen LogP contribution in [-0.4, -0.2) is 15.9 Å². The lowest BCUT2D eigenvalue weighted by Gasteiger charge is -2.06. The van der Waals surface area contributed by atoms with Crippen molar-refractivity contribution in [3.05, 3.63) is 64.4 Å². The number of carbonyl (C=O) groups is 1. The number of halogens is 2. The van der Waals surface area contributed by atoms with Crippen molar-refractivity contribution in [1.82, 2.24) is 9.97 Å². The van der Waals surface area contributed by atoms with Gasteiger partial charge in [-0.25, -0.2) is 9.97 Å². The maximum atomic E-state index is 12.2. The molecule has 4 nitrogen and oxygen atoms in total. The fourth-order valence-electron chi connectivity index (χ4n) is 1.90. The van der Waals surface area contributed by atoms with Crippen LogP contribution < -0.4 is 5.32 Å². The average Bonchev–Trinajstić information content (AvgIpc) is 2.47. The van der Waals surface area contributed by atoms with E-state index in [4.69, 9.17) is 23.2 Å². The summed E-state index contributed by atoms with van der Waals surface area (Å²) in [4.78, 5) is 20.5. The Morgan fingerprint density at radius 3 is 2.71 bits per heavy atom. The fraction of sp³-hybridized carbons (Fsp3) is 0. The van der Waals surface area contributed by atoms with E-state index < -0.39 is 5.91 Å². The maximum absolute atomic E-state index is 12.2. The number of hydrogen-bond acceptors (Lipinski definition) is 3. The van der Waals surface area contributed by atoms with Crippen LogP contribution in [0, 0.1) is 0 Å². The highest BCUT2D eigenvalue weighted by Gasteiger charge is 2.12.